The Morgan fingerprint density at radius 3 is 2.95 bits per heavy atom. The molecule has 1 saturated carbocycles. The molecule has 112 valence electrons. The maximum absolute atomic E-state index is 8.98. The van der Waals surface area contributed by atoms with Gasteiger partial charge in [-0.25, -0.2) is 0 Å². The third kappa shape index (κ3) is 3.64. The van der Waals surface area contributed by atoms with Crippen molar-refractivity contribution in [3.63, 3.8) is 0 Å². The molecule has 0 aromatic heterocycles. The van der Waals surface area contributed by atoms with E-state index in [0.29, 0.717) is 12.1 Å². The number of rotatable bonds is 4. The molecule has 3 unspecified atom stereocenters. The van der Waals surface area contributed by atoms with E-state index >= 15 is 0 Å². The SMILES string of the molecule is N#Cc1cccc(CNC2CCCC2C2CCCCN2)c1. The normalized spacial score (nSPS) is 29.2. The first-order chi connectivity index (χ1) is 10.4. The number of hydrogen-bond donors (Lipinski definition) is 2. The lowest BCUT2D eigenvalue weighted by Gasteiger charge is -2.33. The van der Waals surface area contributed by atoms with E-state index in [9.17, 15) is 0 Å². The Labute approximate surface area is 127 Å². The van der Waals surface area contributed by atoms with Crippen LogP contribution in [0.15, 0.2) is 24.3 Å². The molecule has 1 aliphatic heterocycles. The largest absolute Gasteiger partial charge is 0.314 e. The van der Waals surface area contributed by atoms with Crippen molar-refractivity contribution in [2.75, 3.05) is 6.54 Å². The molecule has 0 spiro atoms. The minimum Gasteiger partial charge on any atom is -0.314 e. The van der Waals surface area contributed by atoms with Crippen molar-refractivity contribution in [3.05, 3.63) is 35.4 Å². The average Bonchev–Trinajstić information content (AvgIpc) is 3.02. The van der Waals surface area contributed by atoms with Crippen LogP contribution >= 0.6 is 0 Å². The standard InChI is InChI=1S/C18H25N3/c19-12-14-5-3-6-15(11-14)13-21-18-9-4-7-16(18)17-8-1-2-10-20-17/h3,5-6,11,16-18,20-21H,1-2,4,7-10,13H2. The van der Waals surface area contributed by atoms with E-state index in [1.54, 1.807) is 0 Å². The number of piperidine rings is 1. The predicted octanol–water partition coefficient (Wildman–Crippen LogP) is 2.96. The second kappa shape index (κ2) is 7.06. The van der Waals surface area contributed by atoms with Crippen molar-refractivity contribution in [3.8, 4) is 6.07 Å². The van der Waals surface area contributed by atoms with Gasteiger partial charge < -0.3 is 10.6 Å². The highest BCUT2D eigenvalue weighted by Gasteiger charge is 2.33. The molecule has 3 rings (SSSR count). The van der Waals surface area contributed by atoms with Gasteiger partial charge in [-0.2, -0.15) is 5.26 Å². The lowest BCUT2D eigenvalue weighted by atomic mass is 9.88. The topological polar surface area (TPSA) is 47.9 Å². The first-order valence-electron chi connectivity index (χ1n) is 8.32. The lowest BCUT2D eigenvalue weighted by Crippen LogP contribution is -2.46. The summed E-state index contributed by atoms with van der Waals surface area (Å²) in [5.41, 5.74) is 1.97. The molecule has 2 aliphatic rings. The van der Waals surface area contributed by atoms with Gasteiger partial charge in [0, 0.05) is 18.6 Å². The van der Waals surface area contributed by atoms with Crippen LogP contribution in [-0.2, 0) is 6.54 Å². The zero-order valence-electron chi connectivity index (χ0n) is 12.6. The van der Waals surface area contributed by atoms with E-state index in [4.69, 9.17) is 5.26 Å². The van der Waals surface area contributed by atoms with E-state index < -0.39 is 0 Å². The highest BCUT2D eigenvalue weighted by molar-refractivity contribution is 5.32. The van der Waals surface area contributed by atoms with Crippen molar-refractivity contribution in [2.45, 2.75) is 57.2 Å². The molecular formula is C18H25N3. The molecule has 1 aromatic rings. The van der Waals surface area contributed by atoms with Crippen LogP contribution in [0.2, 0.25) is 0 Å². The van der Waals surface area contributed by atoms with Gasteiger partial charge >= 0.3 is 0 Å². The molecule has 2 N–H and O–H groups in total. The maximum atomic E-state index is 8.98. The molecule has 1 aromatic carbocycles. The molecule has 1 saturated heterocycles. The van der Waals surface area contributed by atoms with Crippen LogP contribution in [0.1, 0.15) is 49.7 Å². The van der Waals surface area contributed by atoms with Crippen LogP contribution in [0.3, 0.4) is 0 Å². The quantitative estimate of drug-likeness (QED) is 0.893. The van der Waals surface area contributed by atoms with Gasteiger partial charge in [-0.15, -0.1) is 0 Å². The molecule has 3 heteroatoms. The van der Waals surface area contributed by atoms with Crippen LogP contribution in [0, 0.1) is 17.2 Å². The summed E-state index contributed by atoms with van der Waals surface area (Å²) in [5.74, 6) is 0.782. The Morgan fingerprint density at radius 1 is 1.19 bits per heavy atom. The van der Waals surface area contributed by atoms with E-state index in [0.717, 1.165) is 18.0 Å². The number of benzene rings is 1. The molecule has 0 bridgehead atoms. The Hall–Kier alpha value is -1.37. The number of nitrogens with one attached hydrogen (secondary N) is 2. The smallest absolute Gasteiger partial charge is 0.0991 e. The number of nitrogens with zero attached hydrogens (tertiary/aromatic N) is 1. The van der Waals surface area contributed by atoms with Gasteiger partial charge in [0.15, 0.2) is 0 Å². The second-order valence-corrected chi connectivity index (χ2v) is 6.45. The van der Waals surface area contributed by atoms with Crippen LogP contribution in [0.5, 0.6) is 0 Å². The molecule has 1 heterocycles. The van der Waals surface area contributed by atoms with Crippen LogP contribution in [0.25, 0.3) is 0 Å². The highest BCUT2D eigenvalue weighted by atomic mass is 15.0. The van der Waals surface area contributed by atoms with E-state index in [-0.39, 0.29) is 0 Å². The summed E-state index contributed by atoms with van der Waals surface area (Å²) < 4.78 is 0. The minimum absolute atomic E-state index is 0.631. The fraction of sp³-hybridized carbons (Fsp3) is 0.611. The zero-order chi connectivity index (χ0) is 14.5. The van der Waals surface area contributed by atoms with Gasteiger partial charge in [-0.1, -0.05) is 25.0 Å². The monoisotopic (exact) mass is 283 g/mol. The molecular weight excluding hydrogens is 258 g/mol. The van der Waals surface area contributed by atoms with Crippen molar-refractivity contribution in [2.24, 2.45) is 5.92 Å². The molecule has 21 heavy (non-hydrogen) atoms. The van der Waals surface area contributed by atoms with E-state index in [1.807, 2.05) is 18.2 Å². The summed E-state index contributed by atoms with van der Waals surface area (Å²) in [4.78, 5) is 0. The number of hydrogen-bond acceptors (Lipinski definition) is 3. The Kier molecular flexibility index (Phi) is 4.90. The highest BCUT2D eigenvalue weighted by Crippen LogP contribution is 2.31. The van der Waals surface area contributed by atoms with Crippen molar-refractivity contribution >= 4 is 0 Å². The van der Waals surface area contributed by atoms with Gasteiger partial charge in [0.25, 0.3) is 0 Å². The van der Waals surface area contributed by atoms with Crippen molar-refractivity contribution < 1.29 is 0 Å². The molecule has 0 radical (unpaired) electrons. The first-order valence-corrected chi connectivity index (χ1v) is 8.32. The Morgan fingerprint density at radius 2 is 2.14 bits per heavy atom. The molecule has 1 aliphatic carbocycles. The zero-order valence-corrected chi connectivity index (χ0v) is 12.6. The van der Waals surface area contributed by atoms with Gasteiger partial charge in [0.05, 0.1) is 11.6 Å². The van der Waals surface area contributed by atoms with Crippen LogP contribution in [-0.4, -0.2) is 18.6 Å². The third-order valence-corrected chi connectivity index (χ3v) is 5.06. The summed E-state index contributed by atoms with van der Waals surface area (Å²) in [6, 6.07) is 11.5. The van der Waals surface area contributed by atoms with Gasteiger partial charge in [0.2, 0.25) is 0 Å². The maximum Gasteiger partial charge on any atom is 0.0991 e. The lowest BCUT2D eigenvalue weighted by molar-refractivity contribution is 0.257. The van der Waals surface area contributed by atoms with E-state index in [2.05, 4.69) is 22.8 Å². The molecule has 3 nitrogen and oxygen atoms in total. The van der Waals surface area contributed by atoms with Crippen molar-refractivity contribution in [1.29, 1.82) is 5.26 Å². The number of nitriles is 1. The Bertz CT molecular complexity index is 499. The van der Waals surface area contributed by atoms with E-state index in [1.165, 1.54) is 50.6 Å². The fourth-order valence-corrected chi connectivity index (χ4v) is 3.97. The fourth-order valence-electron chi connectivity index (χ4n) is 3.97. The van der Waals surface area contributed by atoms with Gasteiger partial charge in [0.1, 0.15) is 0 Å². The predicted molar refractivity (Wildman–Crippen MR) is 84.8 cm³/mol. The summed E-state index contributed by atoms with van der Waals surface area (Å²) in [6.07, 6.45) is 8.05. The second-order valence-electron chi connectivity index (χ2n) is 6.45. The summed E-state index contributed by atoms with van der Waals surface area (Å²) in [6.45, 7) is 2.07. The van der Waals surface area contributed by atoms with Gasteiger partial charge in [-0.3, -0.25) is 0 Å². The first kappa shape index (κ1) is 14.6. The molecule has 0 amide bonds. The summed E-state index contributed by atoms with van der Waals surface area (Å²) in [5, 5.41) is 16.4. The summed E-state index contributed by atoms with van der Waals surface area (Å²) >= 11 is 0. The summed E-state index contributed by atoms with van der Waals surface area (Å²) in [7, 11) is 0. The Balaban J connectivity index is 1.57. The molecule has 3 atom stereocenters. The molecule has 2 fully saturated rings. The van der Waals surface area contributed by atoms with Crippen molar-refractivity contribution in [1.82, 2.24) is 10.6 Å². The average molecular weight is 283 g/mol. The van der Waals surface area contributed by atoms with Gasteiger partial charge in [-0.05, 0) is 55.8 Å². The third-order valence-electron chi connectivity index (χ3n) is 5.06. The van der Waals surface area contributed by atoms with Crippen LogP contribution < -0.4 is 10.6 Å². The van der Waals surface area contributed by atoms with Crippen LogP contribution in [0.4, 0.5) is 0 Å². The minimum atomic E-state index is 0.631.